The van der Waals surface area contributed by atoms with Gasteiger partial charge in [-0.2, -0.15) is 0 Å². The first-order valence-corrected chi connectivity index (χ1v) is 7.46. The molecule has 0 atom stereocenters. The second-order valence-corrected chi connectivity index (χ2v) is 6.08. The fourth-order valence-electron chi connectivity index (χ4n) is 1.77. The van der Waals surface area contributed by atoms with Crippen molar-refractivity contribution >= 4 is 36.9 Å². The molecular weight excluding hydrogens is 278 g/mol. The fraction of sp³-hybridized carbons (Fsp3) is 0.182. The number of ether oxygens (including phenoxy) is 1. The Morgan fingerprint density at radius 1 is 1.44 bits per heavy atom. The molecule has 0 amide bonds. The van der Waals surface area contributed by atoms with Gasteiger partial charge in [-0.3, -0.25) is 4.79 Å². The molecule has 1 aromatic heterocycles. The molecule has 0 saturated carbocycles. The molecule has 0 aliphatic carbocycles. The van der Waals surface area contributed by atoms with Gasteiger partial charge in [0.25, 0.3) is 9.05 Å². The third-order valence-corrected chi connectivity index (χ3v) is 3.82. The van der Waals surface area contributed by atoms with Crippen LogP contribution in [0.3, 0.4) is 0 Å². The van der Waals surface area contributed by atoms with Gasteiger partial charge in [0.1, 0.15) is 10.6 Å². The number of carbonyl (C=O) groups is 1. The molecule has 0 saturated heterocycles. The van der Waals surface area contributed by atoms with Crippen LogP contribution in [0, 0.1) is 0 Å². The number of fused-ring (bicyclic) bond motifs is 1. The summed E-state index contributed by atoms with van der Waals surface area (Å²) in [4.78, 5) is 13.7. The molecule has 2 rings (SSSR count). The van der Waals surface area contributed by atoms with E-state index in [4.69, 9.17) is 15.4 Å². The molecule has 96 valence electrons. The number of hydrogen-bond acceptors (Lipinski definition) is 4. The number of nitrogens with one attached hydrogen (secondary N) is 1. The molecule has 0 aliphatic rings. The Labute approximate surface area is 108 Å². The second-order valence-electron chi connectivity index (χ2n) is 3.55. The summed E-state index contributed by atoms with van der Waals surface area (Å²) in [6, 6.07) is 2.89. The highest BCUT2D eigenvalue weighted by molar-refractivity contribution is 8.13. The Morgan fingerprint density at radius 3 is 2.72 bits per heavy atom. The lowest BCUT2D eigenvalue weighted by molar-refractivity contribution is 0.112. The van der Waals surface area contributed by atoms with E-state index >= 15 is 0 Å². The molecule has 18 heavy (non-hydrogen) atoms. The Morgan fingerprint density at radius 2 is 2.17 bits per heavy atom. The van der Waals surface area contributed by atoms with Crippen molar-refractivity contribution in [1.29, 1.82) is 0 Å². The minimum Gasteiger partial charge on any atom is -0.492 e. The third-order valence-electron chi connectivity index (χ3n) is 2.47. The van der Waals surface area contributed by atoms with Crippen LogP contribution >= 0.6 is 10.7 Å². The summed E-state index contributed by atoms with van der Waals surface area (Å²) in [6.45, 7) is 1.98. The molecule has 0 bridgehead atoms. The fourth-order valence-corrected chi connectivity index (χ4v) is 2.75. The van der Waals surface area contributed by atoms with Crippen LogP contribution in [0.4, 0.5) is 0 Å². The van der Waals surface area contributed by atoms with Crippen molar-refractivity contribution in [2.45, 2.75) is 11.8 Å². The molecule has 1 heterocycles. The van der Waals surface area contributed by atoms with Crippen LogP contribution in [0.25, 0.3) is 10.9 Å². The van der Waals surface area contributed by atoms with Crippen molar-refractivity contribution in [3.8, 4) is 5.75 Å². The van der Waals surface area contributed by atoms with E-state index < -0.39 is 9.05 Å². The molecule has 7 heteroatoms. The Balaban J connectivity index is 2.89. The summed E-state index contributed by atoms with van der Waals surface area (Å²) < 4.78 is 28.3. The quantitative estimate of drug-likeness (QED) is 0.691. The van der Waals surface area contributed by atoms with Crippen LogP contribution in [0.2, 0.25) is 0 Å². The van der Waals surface area contributed by atoms with Crippen molar-refractivity contribution in [1.82, 2.24) is 4.98 Å². The van der Waals surface area contributed by atoms with Crippen molar-refractivity contribution in [2.24, 2.45) is 0 Å². The monoisotopic (exact) mass is 287 g/mol. The van der Waals surface area contributed by atoms with Gasteiger partial charge in [0, 0.05) is 28.0 Å². The minimum absolute atomic E-state index is 0.105. The maximum Gasteiger partial charge on any atom is 0.265 e. The third kappa shape index (κ3) is 2.09. The van der Waals surface area contributed by atoms with Crippen molar-refractivity contribution in [3.63, 3.8) is 0 Å². The van der Waals surface area contributed by atoms with Gasteiger partial charge in [0.2, 0.25) is 0 Å². The first-order chi connectivity index (χ1) is 8.49. The van der Waals surface area contributed by atoms with Gasteiger partial charge >= 0.3 is 0 Å². The lowest BCUT2D eigenvalue weighted by Crippen LogP contribution is -2.00. The summed E-state index contributed by atoms with van der Waals surface area (Å²) in [5.74, 6) is 0.105. The predicted molar refractivity (Wildman–Crippen MR) is 67.9 cm³/mol. The van der Waals surface area contributed by atoms with E-state index in [0.717, 1.165) is 0 Å². The number of rotatable bonds is 4. The van der Waals surface area contributed by atoms with Crippen LogP contribution < -0.4 is 4.74 Å². The highest BCUT2D eigenvalue weighted by Crippen LogP contribution is 2.36. The summed E-state index contributed by atoms with van der Waals surface area (Å²) in [7, 11) is 1.42. The second kappa shape index (κ2) is 4.62. The number of aromatic amines is 1. The summed E-state index contributed by atoms with van der Waals surface area (Å²) in [6.07, 6.45) is 2.12. The molecule has 0 aliphatic heterocycles. The summed E-state index contributed by atoms with van der Waals surface area (Å²) >= 11 is 0. The van der Waals surface area contributed by atoms with E-state index in [0.29, 0.717) is 22.8 Å². The number of halogens is 1. The van der Waals surface area contributed by atoms with Crippen LogP contribution in [0.5, 0.6) is 5.75 Å². The first kappa shape index (κ1) is 12.9. The average molecular weight is 288 g/mol. The Kier molecular flexibility index (Phi) is 3.32. The van der Waals surface area contributed by atoms with E-state index in [1.54, 1.807) is 13.0 Å². The Bertz CT molecular complexity index is 705. The van der Waals surface area contributed by atoms with Gasteiger partial charge in [-0.15, -0.1) is 0 Å². The number of H-pyrrole nitrogens is 1. The Hall–Kier alpha value is -1.53. The van der Waals surface area contributed by atoms with E-state index in [2.05, 4.69) is 4.98 Å². The highest BCUT2D eigenvalue weighted by Gasteiger charge is 2.21. The molecule has 1 N–H and O–H groups in total. The molecule has 5 nitrogen and oxygen atoms in total. The van der Waals surface area contributed by atoms with Gasteiger partial charge in [0.15, 0.2) is 6.29 Å². The molecular formula is C11H10ClNO4S. The van der Waals surface area contributed by atoms with E-state index in [1.807, 2.05) is 0 Å². The van der Waals surface area contributed by atoms with E-state index in [9.17, 15) is 13.2 Å². The molecule has 0 spiro atoms. The number of hydrogen-bond donors (Lipinski definition) is 1. The van der Waals surface area contributed by atoms with Gasteiger partial charge in [-0.25, -0.2) is 8.42 Å². The smallest absolute Gasteiger partial charge is 0.265 e. The molecule has 0 fully saturated rings. The maximum atomic E-state index is 11.5. The summed E-state index contributed by atoms with van der Waals surface area (Å²) in [5, 5.41) is 0.425. The lowest BCUT2D eigenvalue weighted by Gasteiger charge is -2.09. The number of carbonyl (C=O) groups excluding carboxylic acids is 1. The van der Waals surface area contributed by atoms with E-state index in [-0.39, 0.29) is 17.3 Å². The zero-order valence-corrected chi connectivity index (χ0v) is 11.0. The van der Waals surface area contributed by atoms with Crippen LogP contribution in [-0.4, -0.2) is 26.3 Å². The zero-order valence-electron chi connectivity index (χ0n) is 9.44. The highest BCUT2D eigenvalue weighted by atomic mass is 35.7. The van der Waals surface area contributed by atoms with Gasteiger partial charge < -0.3 is 9.72 Å². The SMILES string of the molecule is CCOc1c(S(=O)(=O)Cl)ccc2[nH]cc(C=O)c12. The normalized spacial score (nSPS) is 11.7. The van der Waals surface area contributed by atoms with Crippen molar-refractivity contribution < 1.29 is 17.9 Å². The predicted octanol–water partition coefficient (Wildman–Crippen LogP) is 2.31. The first-order valence-electron chi connectivity index (χ1n) is 5.15. The summed E-state index contributed by atoms with van der Waals surface area (Å²) in [5.41, 5.74) is 0.945. The van der Waals surface area contributed by atoms with Crippen molar-refractivity contribution in [2.75, 3.05) is 6.61 Å². The molecule has 2 aromatic rings. The molecule has 1 aromatic carbocycles. The topological polar surface area (TPSA) is 76.2 Å². The van der Waals surface area contributed by atoms with Crippen LogP contribution in [0.1, 0.15) is 17.3 Å². The molecule has 0 unspecified atom stereocenters. The minimum atomic E-state index is -3.93. The van der Waals surface area contributed by atoms with Crippen LogP contribution in [0.15, 0.2) is 23.2 Å². The van der Waals surface area contributed by atoms with Gasteiger partial charge in [-0.1, -0.05) is 0 Å². The molecule has 0 radical (unpaired) electrons. The van der Waals surface area contributed by atoms with Gasteiger partial charge in [0.05, 0.1) is 12.0 Å². The standard InChI is InChI=1S/C11H10ClNO4S/c1-2-17-11-9(18(12,15)16)4-3-8-10(11)7(6-14)5-13-8/h3-6,13H,2H2,1H3. The maximum absolute atomic E-state index is 11.5. The number of aldehydes is 1. The number of aromatic nitrogens is 1. The lowest BCUT2D eigenvalue weighted by atomic mass is 10.1. The van der Waals surface area contributed by atoms with E-state index in [1.165, 1.54) is 12.3 Å². The average Bonchev–Trinajstić information content (AvgIpc) is 2.71. The van der Waals surface area contributed by atoms with Crippen molar-refractivity contribution in [3.05, 3.63) is 23.9 Å². The van der Waals surface area contributed by atoms with Crippen LogP contribution in [-0.2, 0) is 9.05 Å². The zero-order chi connectivity index (χ0) is 13.3. The van der Waals surface area contributed by atoms with Gasteiger partial charge in [-0.05, 0) is 19.1 Å². The largest absolute Gasteiger partial charge is 0.492 e. The number of benzene rings is 1.